The minimum Gasteiger partial charge on any atom is -0.103 e. The Hall–Kier alpha value is -0.260. The highest BCUT2D eigenvalue weighted by atomic mass is 14.3. The first-order valence-electron chi connectivity index (χ1n) is 8.02. The van der Waals surface area contributed by atoms with Gasteiger partial charge in [-0.1, -0.05) is 90.0 Å². The average Bonchev–Trinajstić information content (AvgIpc) is 2.35. The van der Waals surface area contributed by atoms with E-state index in [-0.39, 0.29) is 0 Å². The van der Waals surface area contributed by atoms with Crippen LogP contribution in [0, 0.1) is 0 Å². The van der Waals surface area contributed by atoms with Gasteiger partial charge in [-0.05, 0) is 12.8 Å². The molecule has 0 saturated carbocycles. The Labute approximate surface area is 110 Å². The summed E-state index contributed by atoms with van der Waals surface area (Å²) in [6.07, 6.45) is 22.0. The second-order valence-corrected chi connectivity index (χ2v) is 5.32. The van der Waals surface area contributed by atoms with Gasteiger partial charge in [0.05, 0.1) is 0 Å². The minimum atomic E-state index is 1.21. The second kappa shape index (κ2) is 15.7. The number of rotatable bonds is 14. The molecule has 0 atom stereocenters. The van der Waals surface area contributed by atoms with Gasteiger partial charge in [0.25, 0.3) is 0 Å². The van der Waals surface area contributed by atoms with E-state index in [2.05, 4.69) is 13.5 Å². The van der Waals surface area contributed by atoms with Gasteiger partial charge < -0.3 is 0 Å². The van der Waals surface area contributed by atoms with Crippen molar-refractivity contribution in [1.82, 2.24) is 0 Å². The van der Waals surface area contributed by atoms with Gasteiger partial charge in [-0.25, -0.2) is 0 Å². The molecular formula is C17H34. The molecule has 0 bridgehead atoms. The van der Waals surface area contributed by atoms with E-state index in [1.807, 2.05) is 6.08 Å². The van der Waals surface area contributed by atoms with Gasteiger partial charge in [0, 0.05) is 0 Å². The van der Waals surface area contributed by atoms with E-state index in [1.165, 1.54) is 89.9 Å². The smallest absolute Gasteiger partial charge is 0.0353 e. The van der Waals surface area contributed by atoms with Gasteiger partial charge in [-0.3, -0.25) is 0 Å². The Balaban J connectivity index is 2.87. The van der Waals surface area contributed by atoms with E-state index >= 15 is 0 Å². The Morgan fingerprint density at radius 1 is 0.588 bits per heavy atom. The fraction of sp³-hybridized carbons (Fsp3) is 0.882. The minimum absolute atomic E-state index is 1.21. The lowest BCUT2D eigenvalue weighted by Crippen LogP contribution is -1.82. The molecular weight excluding hydrogens is 206 g/mol. The van der Waals surface area contributed by atoms with Crippen molar-refractivity contribution in [3.63, 3.8) is 0 Å². The molecule has 0 aromatic heterocycles. The third kappa shape index (κ3) is 15.7. The molecule has 0 aliphatic carbocycles. The molecule has 102 valence electrons. The molecule has 0 aliphatic heterocycles. The van der Waals surface area contributed by atoms with Crippen LogP contribution in [-0.2, 0) is 0 Å². The van der Waals surface area contributed by atoms with Crippen LogP contribution in [0.5, 0.6) is 0 Å². The topological polar surface area (TPSA) is 0 Å². The zero-order valence-corrected chi connectivity index (χ0v) is 12.2. The molecule has 0 aliphatic rings. The molecule has 0 N–H and O–H groups in total. The number of allylic oxidation sites excluding steroid dienone is 1. The normalized spacial score (nSPS) is 10.6. The maximum absolute atomic E-state index is 3.75. The molecule has 0 saturated heterocycles. The summed E-state index contributed by atoms with van der Waals surface area (Å²) in [6, 6.07) is 0. The van der Waals surface area contributed by atoms with Crippen LogP contribution < -0.4 is 0 Å². The third-order valence-electron chi connectivity index (χ3n) is 3.51. The van der Waals surface area contributed by atoms with Crippen molar-refractivity contribution in [3.05, 3.63) is 12.7 Å². The molecule has 0 heterocycles. The van der Waals surface area contributed by atoms with Crippen molar-refractivity contribution in [2.45, 2.75) is 96.8 Å². The van der Waals surface area contributed by atoms with E-state index in [9.17, 15) is 0 Å². The van der Waals surface area contributed by atoms with Crippen LogP contribution in [0.1, 0.15) is 96.8 Å². The number of unbranched alkanes of at least 4 members (excludes halogenated alkanes) is 13. The lowest BCUT2D eigenvalue weighted by atomic mass is 10.0. The Bertz CT molecular complexity index is 137. The number of hydrogen-bond donors (Lipinski definition) is 0. The van der Waals surface area contributed by atoms with Crippen LogP contribution in [0.2, 0.25) is 0 Å². The molecule has 0 unspecified atom stereocenters. The highest BCUT2D eigenvalue weighted by Gasteiger charge is 1.93. The van der Waals surface area contributed by atoms with Crippen molar-refractivity contribution in [2.24, 2.45) is 0 Å². The molecule has 0 fully saturated rings. The van der Waals surface area contributed by atoms with E-state index in [4.69, 9.17) is 0 Å². The predicted molar refractivity (Wildman–Crippen MR) is 80.5 cm³/mol. The van der Waals surface area contributed by atoms with Crippen molar-refractivity contribution in [2.75, 3.05) is 0 Å². The second-order valence-electron chi connectivity index (χ2n) is 5.32. The van der Waals surface area contributed by atoms with Gasteiger partial charge in [0.15, 0.2) is 0 Å². The third-order valence-corrected chi connectivity index (χ3v) is 3.51. The van der Waals surface area contributed by atoms with E-state index in [1.54, 1.807) is 0 Å². The summed E-state index contributed by atoms with van der Waals surface area (Å²) in [7, 11) is 0. The Kier molecular flexibility index (Phi) is 15.5. The van der Waals surface area contributed by atoms with Gasteiger partial charge >= 0.3 is 0 Å². The largest absolute Gasteiger partial charge is 0.103 e. The maximum atomic E-state index is 3.75. The zero-order chi connectivity index (χ0) is 12.6. The summed E-state index contributed by atoms with van der Waals surface area (Å²) in [4.78, 5) is 0. The van der Waals surface area contributed by atoms with Gasteiger partial charge in [0.2, 0.25) is 0 Å². The van der Waals surface area contributed by atoms with Crippen molar-refractivity contribution in [3.8, 4) is 0 Å². The molecule has 0 aromatic rings. The molecule has 0 rings (SSSR count). The zero-order valence-electron chi connectivity index (χ0n) is 12.2. The molecule has 17 heavy (non-hydrogen) atoms. The average molecular weight is 240 g/mol. The van der Waals surface area contributed by atoms with Crippen molar-refractivity contribution >= 4 is 0 Å². The standard InChI is InChI=1S/C17H34/c1-3-5-7-9-11-13-15-17-16-14-12-10-8-6-4-2/h3H,1,4-17H2,2H3/i1+2. The van der Waals surface area contributed by atoms with Crippen LogP contribution in [0.3, 0.4) is 0 Å². The summed E-state index contributed by atoms with van der Waals surface area (Å²) >= 11 is 0. The van der Waals surface area contributed by atoms with Gasteiger partial charge in [-0.2, -0.15) is 0 Å². The number of hydrogen-bond acceptors (Lipinski definition) is 0. The Morgan fingerprint density at radius 2 is 0.941 bits per heavy atom. The Morgan fingerprint density at radius 3 is 1.29 bits per heavy atom. The first-order valence-corrected chi connectivity index (χ1v) is 8.02. The molecule has 0 radical (unpaired) electrons. The van der Waals surface area contributed by atoms with E-state index in [0.717, 1.165) is 0 Å². The van der Waals surface area contributed by atoms with Crippen LogP contribution in [0.4, 0.5) is 0 Å². The maximum Gasteiger partial charge on any atom is -0.0353 e. The SMILES string of the molecule is CCCCCCCCCCCCCCCC=[14CH2]. The molecule has 0 heteroatoms. The van der Waals surface area contributed by atoms with Crippen LogP contribution in [-0.4, -0.2) is 0 Å². The van der Waals surface area contributed by atoms with Crippen molar-refractivity contribution < 1.29 is 0 Å². The van der Waals surface area contributed by atoms with Crippen LogP contribution in [0.25, 0.3) is 0 Å². The van der Waals surface area contributed by atoms with Crippen LogP contribution >= 0.6 is 0 Å². The van der Waals surface area contributed by atoms with E-state index in [0.29, 0.717) is 0 Å². The lowest BCUT2D eigenvalue weighted by Gasteiger charge is -2.02. The fourth-order valence-corrected chi connectivity index (χ4v) is 2.31. The molecule has 0 nitrogen and oxygen atoms in total. The summed E-state index contributed by atoms with van der Waals surface area (Å²) in [5.41, 5.74) is 0. The predicted octanol–water partition coefficient (Wildman–Crippen LogP) is 6.65. The van der Waals surface area contributed by atoms with Crippen molar-refractivity contribution in [1.29, 1.82) is 0 Å². The van der Waals surface area contributed by atoms with Gasteiger partial charge in [0.1, 0.15) is 0 Å². The summed E-state index contributed by atoms with van der Waals surface area (Å²) in [5.74, 6) is 0. The first-order chi connectivity index (χ1) is 8.41. The molecule has 0 amide bonds. The molecule has 0 spiro atoms. The highest BCUT2D eigenvalue weighted by molar-refractivity contribution is 4.65. The summed E-state index contributed by atoms with van der Waals surface area (Å²) in [5, 5.41) is 0. The molecule has 0 aromatic carbocycles. The van der Waals surface area contributed by atoms with Gasteiger partial charge in [-0.15, -0.1) is 6.58 Å². The fourth-order valence-electron chi connectivity index (χ4n) is 2.31. The highest BCUT2D eigenvalue weighted by Crippen LogP contribution is 2.12. The van der Waals surface area contributed by atoms with E-state index < -0.39 is 0 Å². The summed E-state index contributed by atoms with van der Waals surface area (Å²) in [6.45, 7) is 6.04. The lowest BCUT2D eigenvalue weighted by molar-refractivity contribution is 0.540. The monoisotopic (exact) mass is 240 g/mol. The first kappa shape index (κ1) is 16.7. The quantitative estimate of drug-likeness (QED) is 0.235. The summed E-state index contributed by atoms with van der Waals surface area (Å²) < 4.78 is 0. The van der Waals surface area contributed by atoms with Crippen LogP contribution in [0.15, 0.2) is 12.7 Å².